The predicted octanol–water partition coefficient (Wildman–Crippen LogP) is 2.15. The Labute approximate surface area is 153 Å². The Morgan fingerprint density at radius 2 is 1.44 bits per heavy atom. The maximum absolute atomic E-state index is 11.8. The van der Waals surface area contributed by atoms with Gasteiger partial charge in [-0.15, -0.1) is 0 Å². The fourth-order valence-electron chi connectivity index (χ4n) is 2.66. The van der Waals surface area contributed by atoms with Gasteiger partial charge in [0.1, 0.15) is 6.04 Å². The van der Waals surface area contributed by atoms with E-state index in [0.29, 0.717) is 6.54 Å². The van der Waals surface area contributed by atoms with Gasteiger partial charge in [0.15, 0.2) is 5.96 Å². The number of guanidine groups is 1. The Morgan fingerprint density at radius 3 is 1.88 bits per heavy atom. The van der Waals surface area contributed by atoms with Crippen LogP contribution in [-0.2, 0) is 4.79 Å². The number of amides is 1. The topological polar surface area (TPSA) is 123 Å². The number of hydrogen-bond donors (Lipinski definition) is 6. The van der Waals surface area contributed by atoms with Crippen molar-refractivity contribution in [2.45, 2.75) is 90.0 Å². The highest BCUT2D eigenvalue weighted by molar-refractivity contribution is 5.82. The zero-order valence-corrected chi connectivity index (χ0v) is 15.9. The molecule has 0 bridgehead atoms. The molecule has 0 aromatic heterocycles. The number of carbonyl (C=O) groups is 1. The van der Waals surface area contributed by atoms with Gasteiger partial charge in [0.05, 0.1) is 6.61 Å². The Balaban J connectivity index is 3.39. The predicted molar refractivity (Wildman–Crippen MR) is 103 cm³/mol. The summed E-state index contributed by atoms with van der Waals surface area (Å²) in [5.74, 6) is -0.591. The van der Waals surface area contributed by atoms with E-state index in [-0.39, 0.29) is 18.5 Å². The van der Waals surface area contributed by atoms with E-state index in [4.69, 9.17) is 16.2 Å². The summed E-state index contributed by atoms with van der Waals surface area (Å²) in [4.78, 5) is 11.8. The summed E-state index contributed by atoms with van der Waals surface area (Å²) in [6, 6.07) is -0.804. The summed E-state index contributed by atoms with van der Waals surface area (Å²) >= 11 is 0. The molecule has 0 aliphatic heterocycles. The molecular weight excluding hydrogens is 318 g/mol. The minimum atomic E-state index is -0.804. The molecule has 148 valence electrons. The monoisotopic (exact) mass is 357 g/mol. The molecule has 0 saturated carbocycles. The lowest BCUT2D eigenvalue weighted by molar-refractivity contribution is -0.124. The molecule has 25 heavy (non-hydrogen) atoms. The first kappa shape index (κ1) is 23.7. The number of rotatable bonds is 17. The van der Waals surface area contributed by atoms with E-state index in [1.54, 1.807) is 0 Å². The lowest BCUT2D eigenvalue weighted by atomic mass is 10.1. The van der Waals surface area contributed by atoms with Crippen molar-refractivity contribution in [3.63, 3.8) is 0 Å². The van der Waals surface area contributed by atoms with Gasteiger partial charge in [0.2, 0.25) is 5.91 Å². The van der Waals surface area contributed by atoms with Crippen molar-refractivity contribution in [1.82, 2.24) is 16.2 Å². The van der Waals surface area contributed by atoms with Gasteiger partial charge in [-0.1, -0.05) is 77.6 Å². The molecule has 0 aromatic rings. The van der Waals surface area contributed by atoms with E-state index in [2.05, 4.69) is 23.1 Å². The molecular formula is C18H39N5O2. The molecule has 0 spiro atoms. The van der Waals surface area contributed by atoms with Crippen LogP contribution in [0.5, 0.6) is 0 Å². The minimum Gasteiger partial charge on any atom is -0.394 e. The third-order valence-electron chi connectivity index (χ3n) is 4.21. The van der Waals surface area contributed by atoms with Gasteiger partial charge in [0.25, 0.3) is 0 Å². The summed E-state index contributed by atoms with van der Waals surface area (Å²) < 4.78 is 0. The Morgan fingerprint density at radius 1 is 0.960 bits per heavy atom. The molecule has 0 aromatic carbocycles. The molecule has 0 unspecified atom stereocenters. The van der Waals surface area contributed by atoms with Crippen LogP contribution in [0.4, 0.5) is 0 Å². The van der Waals surface area contributed by atoms with Crippen LogP contribution in [-0.4, -0.2) is 36.2 Å². The average molecular weight is 358 g/mol. The number of nitrogens with two attached hydrogens (primary N) is 1. The van der Waals surface area contributed by atoms with E-state index >= 15 is 0 Å². The quantitative estimate of drug-likeness (QED) is 0.103. The van der Waals surface area contributed by atoms with Gasteiger partial charge < -0.3 is 16.2 Å². The van der Waals surface area contributed by atoms with Gasteiger partial charge in [0, 0.05) is 6.54 Å². The van der Waals surface area contributed by atoms with Crippen LogP contribution >= 0.6 is 0 Å². The second kappa shape index (κ2) is 17.5. The first-order valence-electron chi connectivity index (χ1n) is 9.86. The van der Waals surface area contributed by atoms with Crippen LogP contribution in [0.25, 0.3) is 0 Å². The van der Waals surface area contributed by atoms with Crippen molar-refractivity contribution in [3.8, 4) is 0 Å². The number of unbranched alkanes of at least 4 members (excludes halogenated alkanes) is 11. The molecule has 0 rings (SSSR count). The fraction of sp³-hybridized carbons (Fsp3) is 0.889. The fourth-order valence-corrected chi connectivity index (χ4v) is 2.66. The summed E-state index contributed by atoms with van der Waals surface area (Å²) in [6.45, 7) is 2.50. The molecule has 0 aliphatic carbocycles. The molecule has 1 atom stereocenters. The Hall–Kier alpha value is -1.34. The lowest BCUT2D eigenvalue weighted by Crippen LogP contribution is -2.55. The van der Waals surface area contributed by atoms with Crippen molar-refractivity contribution in [1.29, 1.82) is 5.41 Å². The lowest BCUT2D eigenvalue weighted by Gasteiger charge is -2.16. The zero-order valence-electron chi connectivity index (χ0n) is 15.9. The summed E-state index contributed by atoms with van der Waals surface area (Å²) in [5.41, 5.74) is 9.94. The van der Waals surface area contributed by atoms with Crippen molar-refractivity contribution in [3.05, 3.63) is 0 Å². The first-order valence-corrected chi connectivity index (χ1v) is 9.86. The van der Waals surface area contributed by atoms with Crippen molar-refractivity contribution < 1.29 is 9.90 Å². The maximum atomic E-state index is 11.8. The van der Waals surface area contributed by atoms with E-state index in [0.717, 1.165) is 12.8 Å². The Bertz CT molecular complexity index is 339. The van der Waals surface area contributed by atoms with Gasteiger partial charge in [-0.25, -0.2) is 5.43 Å². The van der Waals surface area contributed by atoms with Crippen LogP contribution in [0.15, 0.2) is 0 Å². The van der Waals surface area contributed by atoms with E-state index in [9.17, 15) is 4.79 Å². The molecule has 0 heterocycles. The normalized spacial score (nSPS) is 11.9. The third kappa shape index (κ3) is 15.9. The number of hydrogen-bond acceptors (Lipinski definition) is 4. The molecule has 7 nitrogen and oxygen atoms in total. The van der Waals surface area contributed by atoms with Crippen molar-refractivity contribution in [2.24, 2.45) is 5.73 Å². The highest BCUT2D eigenvalue weighted by atomic mass is 16.3. The minimum absolute atomic E-state index is 0.292. The van der Waals surface area contributed by atoms with Gasteiger partial charge in [-0.05, 0) is 6.42 Å². The van der Waals surface area contributed by atoms with Crippen molar-refractivity contribution >= 4 is 11.9 Å². The maximum Gasteiger partial charge on any atom is 0.241 e. The molecule has 0 fully saturated rings. The second-order valence-electron chi connectivity index (χ2n) is 6.60. The second-order valence-corrected chi connectivity index (χ2v) is 6.60. The van der Waals surface area contributed by atoms with Crippen LogP contribution in [0.3, 0.4) is 0 Å². The summed E-state index contributed by atoms with van der Waals surface area (Å²) in [6.07, 6.45) is 15.4. The van der Waals surface area contributed by atoms with E-state index in [1.807, 2.05) is 0 Å². The standard InChI is InChI=1S/C18H39N5O2/c1-2-3-4-5-6-7-8-9-10-11-12-13-14-21-17(25)16(15-24)22-23-18(19)20/h16,22,24H,2-15H2,1H3,(H,21,25)(H4,19,20,23)/t16-/m0/s1. The zero-order chi connectivity index (χ0) is 18.8. The number of hydrazine groups is 1. The van der Waals surface area contributed by atoms with Crippen LogP contribution in [0.2, 0.25) is 0 Å². The van der Waals surface area contributed by atoms with Crippen LogP contribution < -0.4 is 21.9 Å². The average Bonchev–Trinajstić information content (AvgIpc) is 2.59. The van der Waals surface area contributed by atoms with Crippen LogP contribution in [0.1, 0.15) is 84.0 Å². The highest BCUT2D eigenvalue weighted by Gasteiger charge is 2.16. The third-order valence-corrected chi connectivity index (χ3v) is 4.21. The van der Waals surface area contributed by atoms with Gasteiger partial charge in [-0.3, -0.25) is 15.6 Å². The molecule has 7 heteroatoms. The molecule has 0 radical (unpaired) electrons. The van der Waals surface area contributed by atoms with E-state index in [1.165, 1.54) is 64.2 Å². The number of nitrogens with one attached hydrogen (secondary N) is 4. The SMILES string of the molecule is CCCCCCCCCCCCCCNC(=O)[C@H](CO)NNC(=N)N. The summed E-state index contributed by atoms with van der Waals surface area (Å²) in [7, 11) is 0. The summed E-state index contributed by atoms with van der Waals surface area (Å²) in [5, 5.41) is 18.9. The first-order chi connectivity index (χ1) is 12.1. The van der Waals surface area contributed by atoms with Crippen LogP contribution in [0, 0.1) is 5.41 Å². The Kier molecular flexibility index (Phi) is 16.5. The molecule has 0 aliphatic rings. The number of aliphatic hydroxyl groups is 1. The van der Waals surface area contributed by atoms with E-state index < -0.39 is 6.04 Å². The molecule has 7 N–H and O–H groups in total. The largest absolute Gasteiger partial charge is 0.394 e. The van der Waals surface area contributed by atoms with Crippen molar-refractivity contribution in [2.75, 3.05) is 13.2 Å². The number of carbonyl (C=O) groups excluding carboxylic acids is 1. The smallest absolute Gasteiger partial charge is 0.241 e. The van der Waals surface area contributed by atoms with Gasteiger partial charge >= 0.3 is 0 Å². The molecule has 1 amide bonds. The molecule has 0 saturated heterocycles. The highest BCUT2D eigenvalue weighted by Crippen LogP contribution is 2.11. The van der Waals surface area contributed by atoms with Gasteiger partial charge in [-0.2, -0.15) is 0 Å². The number of aliphatic hydroxyl groups excluding tert-OH is 1.